The van der Waals surface area contributed by atoms with E-state index in [1.807, 2.05) is 27.7 Å². The molecule has 0 fully saturated rings. The lowest BCUT2D eigenvalue weighted by atomic mass is 9.92. The number of amides is 1. The number of hydrogen-bond donors (Lipinski definition) is 2. The molecule has 0 saturated carbocycles. The van der Waals surface area contributed by atoms with Crippen LogP contribution in [0.1, 0.15) is 54.4 Å². The number of carbonyl (C=O) groups is 3. The Morgan fingerprint density at radius 3 is 2.08 bits per heavy atom. The highest BCUT2D eigenvalue weighted by molar-refractivity contribution is 5.71. The van der Waals surface area contributed by atoms with Crippen molar-refractivity contribution in [3.63, 3.8) is 0 Å². The van der Waals surface area contributed by atoms with Gasteiger partial charge in [0.15, 0.2) is 0 Å². The van der Waals surface area contributed by atoms with Gasteiger partial charge in [-0.25, -0.2) is 0 Å². The van der Waals surface area contributed by atoms with Crippen LogP contribution in [0.3, 0.4) is 0 Å². The lowest BCUT2D eigenvalue weighted by Crippen LogP contribution is -2.44. The zero-order valence-electron chi connectivity index (χ0n) is 15.4. The SMILES string of the molecule is CC(C)C[C@@H](CC(=O)O)C(NC=O)OC(OC(=O)C(C)C)C(C)C. The average molecular weight is 345 g/mol. The standard InChI is InChI=1S/C17H31NO6/c1-10(2)7-13(8-14(20)21)15(18-9-19)23-17(12(5)6)24-16(22)11(3)4/h9-13,15,17H,7-8H2,1-6H3,(H,18,19)(H,20,21)/t13-,15?,17?/m0/s1. The van der Waals surface area contributed by atoms with Gasteiger partial charge in [0.1, 0.15) is 6.23 Å². The monoisotopic (exact) mass is 345 g/mol. The minimum absolute atomic E-state index is 0.145. The molecule has 3 atom stereocenters. The summed E-state index contributed by atoms with van der Waals surface area (Å²) in [6.45, 7) is 11.0. The zero-order chi connectivity index (χ0) is 18.9. The Kier molecular flexibility index (Phi) is 10.3. The van der Waals surface area contributed by atoms with Crippen molar-refractivity contribution < 1.29 is 29.0 Å². The fourth-order valence-electron chi connectivity index (χ4n) is 2.21. The maximum Gasteiger partial charge on any atom is 0.310 e. The fraction of sp³-hybridized carbons (Fsp3) is 0.824. The van der Waals surface area contributed by atoms with E-state index >= 15 is 0 Å². The summed E-state index contributed by atoms with van der Waals surface area (Å²) in [6.07, 6.45) is -0.816. The number of carboxylic acid groups (broad SMARTS) is 1. The van der Waals surface area contributed by atoms with Crippen LogP contribution in [0.2, 0.25) is 0 Å². The molecule has 0 heterocycles. The third kappa shape index (κ3) is 8.86. The summed E-state index contributed by atoms with van der Waals surface area (Å²) in [4.78, 5) is 33.9. The summed E-state index contributed by atoms with van der Waals surface area (Å²) in [5.41, 5.74) is 0. The zero-order valence-corrected chi connectivity index (χ0v) is 15.4. The van der Waals surface area contributed by atoms with Gasteiger partial charge < -0.3 is 19.9 Å². The number of rotatable bonds is 12. The Balaban J connectivity index is 5.22. The first-order chi connectivity index (χ1) is 11.1. The Morgan fingerprint density at radius 2 is 1.71 bits per heavy atom. The smallest absolute Gasteiger partial charge is 0.310 e. The summed E-state index contributed by atoms with van der Waals surface area (Å²) in [7, 11) is 0. The van der Waals surface area contributed by atoms with Crippen molar-refractivity contribution in [2.45, 2.75) is 66.9 Å². The van der Waals surface area contributed by atoms with Gasteiger partial charge in [-0.3, -0.25) is 14.4 Å². The first-order valence-electron chi connectivity index (χ1n) is 8.35. The third-order valence-corrected chi connectivity index (χ3v) is 3.40. The lowest BCUT2D eigenvalue weighted by Gasteiger charge is -2.32. The van der Waals surface area contributed by atoms with Crippen LogP contribution in [-0.4, -0.2) is 36.0 Å². The van der Waals surface area contributed by atoms with Gasteiger partial charge in [0.2, 0.25) is 12.7 Å². The first-order valence-corrected chi connectivity index (χ1v) is 8.35. The van der Waals surface area contributed by atoms with E-state index in [2.05, 4.69) is 5.32 Å². The summed E-state index contributed by atoms with van der Waals surface area (Å²) in [5, 5.41) is 11.6. The summed E-state index contributed by atoms with van der Waals surface area (Å²) < 4.78 is 11.1. The van der Waals surface area contributed by atoms with Crippen molar-refractivity contribution in [1.29, 1.82) is 0 Å². The second kappa shape index (κ2) is 11.0. The molecule has 0 radical (unpaired) electrons. The molecule has 24 heavy (non-hydrogen) atoms. The number of carboxylic acids is 1. The summed E-state index contributed by atoms with van der Waals surface area (Å²) >= 11 is 0. The molecule has 2 N–H and O–H groups in total. The van der Waals surface area contributed by atoms with Crippen molar-refractivity contribution in [2.75, 3.05) is 0 Å². The predicted molar refractivity (Wildman–Crippen MR) is 88.8 cm³/mol. The number of ether oxygens (including phenoxy) is 2. The molecule has 1 amide bonds. The third-order valence-electron chi connectivity index (χ3n) is 3.40. The molecule has 0 aliphatic carbocycles. The van der Waals surface area contributed by atoms with Crippen LogP contribution in [0.15, 0.2) is 0 Å². The van der Waals surface area contributed by atoms with Crippen molar-refractivity contribution in [3.8, 4) is 0 Å². The second-order valence-electron chi connectivity index (χ2n) is 7.03. The van der Waals surface area contributed by atoms with E-state index < -0.39 is 30.4 Å². The molecular weight excluding hydrogens is 314 g/mol. The Morgan fingerprint density at radius 1 is 1.12 bits per heavy atom. The van der Waals surface area contributed by atoms with Gasteiger partial charge >= 0.3 is 11.9 Å². The van der Waals surface area contributed by atoms with Gasteiger partial charge in [-0.2, -0.15) is 0 Å². The van der Waals surface area contributed by atoms with Crippen LogP contribution in [0.4, 0.5) is 0 Å². The van der Waals surface area contributed by atoms with Gasteiger partial charge in [0, 0.05) is 11.8 Å². The first kappa shape index (κ1) is 22.4. The molecule has 0 rings (SSSR count). The average Bonchev–Trinajstić information content (AvgIpc) is 2.43. The molecule has 140 valence electrons. The summed E-state index contributed by atoms with van der Waals surface area (Å²) in [5.74, 6) is -2.03. The second-order valence-corrected chi connectivity index (χ2v) is 7.03. The van der Waals surface area contributed by atoms with Gasteiger partial charge in [0.25, 0.3) is 0 Å². The molecule has 7 heteroatoms. The quantitative estimate of drug-likeness (QED) is 0.320. The van der Waals surface area contributed by atoms with Gasteiger partial charge in [-0.05, 0) is 12.3 Å². The Hall–Kier alpha value is -1.63. The van der Waals surface area contributed by atoms with Crippen LogP contribution in [0.5, 0.6) is 0 Å². The molecule has 0 aromatic rings. The number of hydrogen-bond acceptors (Lipinski definition) is 5. The molecule has 0 bridgehead atoms. The van der Waals surface area contributed by atoms with Crippen LogP contribution < -0.4 is 5.32 Å². The van der Waals surface area contributed by atoms with E-state index in [0.717, 1.165) is 0 Å². The molecule has 7 nitrogen and oxygen atoms in total. The number of carbonyl (C=O) groups excluding carboxylic acids is 2. The largest absolute Gasteiger partial charge is 0.481 e. The molecule has 0 aromatic carbocycles. The molecule has 0 aliphatic heterocycles. The van der Waals surface area contributed by atoms with Crippen molar-refractivity contribution in [1.82, 2.24) is 5.32 Å². The normalized spacial score (nSPS) is 15.2. The molecule has 2 unspecified atom stereocenters. The molecule has 0 saturated heterocycles. The Bertz CT molecular complexity index is 408. The predicted octanol–water partition coefficient (Wildman–Crippen LogP) is 2.39. The summed E-state index contributed by atoms with van der Waals surface area (Å²) in [6, 6.07) is 0. The molecular formula is C17H31NO6. The van der Waals surface area contributed by atoms with Gasteiger partial charge in [-0.1, -0.05) is 41.5 Å². The minimum atomic E-state index is -0.970. The maximum absolute atomic E-state index is 11.8. The van der Waals surface area contributed by atoms with Gasteiger partial charge in [0.05, 0.1) is 12.3 Å². The number of aliphatic carboxylic acids is 1. The van der Waals surface area contributed by atoms with E-state index in [4.69, 9.17) is 14.6 Å². The minimum Gasteiger partial charge on any atom is -0.481 e. The van der Waals surface area contributed by atoms with Crippen LogP contribution in [0.25, 0.3) is 0 Å². The topological polar surface area (TPSA) is 102 Å². The fourth-order valence-corrected chi connectivity index (χ4v) is 2.21. The number of nitrogens with one attached hydrogen (secondary N) is 1. The van der Waals surface area contributed by atoms with E-state index in [9.17, 15) is 14.4 Å². The van der Waals surface area contributed by atoms with Crippen molar-refractivity contribution >= 4 is 18.3 Å². The van der Waals surface area contributed by atoms with E-state index in [1.54, 1.807) is 13.8 Å². The number of esters is 1. The Labute approximate surface area is 144 Å². The highest BCUT2D eigenvalue weighted by Crippen LogP contribution is 2.23. The van der Waals surface area contributed by atoms with Crippen LogP contribution in [0, 0.1) is 23.7 Å². The highest BCUT2D eigenvalue weighted by Gasteiger charge is 2.31. The van der Waals surface area contributed by atoms with Crippen molar-refractivity contribution in [2.24, 2.45) is 23.7 Å². The molecule has 0 aliphatic rings. The van der Waals surface area contributed by atoms with E-state index in [1.165, 1.54) is 0 Å². The maximum atomic E-state index is 11.8. The van der Waals surface area contributed by atoms with Gasteiger partial charge in [-0.15, -0.1) is 0 Å². The molecule has 0 spiro atoms. The lowest BCUT2D eigenvalue weighted by molar-refractivity contribution is -0.216. The van der Waals surface area contributed by atoms with E-state index in [-0.39, 0.29) is 24.2 Å². The van der Waals surface area contributed by atoms with Crippen LogP contribution in [-0.2, 0) is 23.9 Å². The van der Waals surface area contributed by atoms with Crippen molar-refractivity contribution in [3.05, 3.63) is 0 Å². The highest BCUT2D eigenvalue weighted by atomic mass is 16.7. The van der Waals surface area contributed by atoms with Crippen LogP contribution >= 0.6 is 0 Å². The van der Waals surface area contributed by atoms with E-state index in [0.29, 0.717) is 12.8 Å². The molecule has 0 aromatic heterocycles.